The first-order valence-electron chi connectivity index (χ1n) is 10.8. The van der Waals surface area contributed by atoms with Crippen LogP contribution in [0.2, 0.25) is 0 Å². The second-order valence-electron chi connectivity index (χ2n) is 8.10. The molecule has 0 spiro atoms. The van der Waals surface area contributed by atoms with Crippen molar-refractivity contribution in [1.29, 1.82) is 0 Å². The lowest BCUT2D eigenvalue weighted by atomic mass is 10.0. The van der Waals surface area contributed by atoms with Crippen LogP contribution in [0, 0.1) is 11.7 Å². The molecular weight excluding hydrogens is 403 g/mol. The summed E-state index contributed by atoms with van der Waals surface area (Å²) in [6, 6.07) is 19.9. The number of anilines is 1. The van der Waals surface area contributed by atoms with Crippen molar-refractivity contribution in [1.82, 2.24) is 15.3 Å². The van der Waals surface area contributed by atoms with E-state index < -0.39 is 0 Å². The van der Waals surface area contributed by atoms with Crippen LogP contribution in [0.15, 0.2) is 79.1 Å². The van der Waals surface area contributed by atoms with Gasteiger partial charge in [0.15, 0.2) is 0 Å². The molecule has 1 amide bonds. The fourth-order valence-corrected chi connectivity index (χ4v) is 4.24. The number of carbonyl (C=O) groups excluding carboxylic acids is 1. The summed E-state index contributed by atoms with van der Waals surface area (Å²) in [6.45, 7) is 2.33. The summed E-state index contributed by atoms with van der Waals surface area (Å²) in [5, 5.41) is 3.95. The number of amides is 1. The summed E-state index contributed by atoms with van der Waals surface area (Å²) < 4.78 is 13.2. The van der Waals surface area contributed by atoms with Crippen LogP contribution in [0.1, 0.15) is 16.8 Å². The number of para-hydroxylation sites is 1. The van der Waals surface area contributed by atoms with Crippen molar-refractivity contribution in [2.24, 2.45) is 5.92 Å². The van der Waals surface area contributed by atoms with E-state index in [1.807, 2.05) is 42.5 Å². The average Bonchev–Trinajstić information content (AvgIpc) is 3.32. The zero-order chi connectivity index (χ0) is 21.9. The quantitative estimate of drug-likeness (QED) is 0.503. The monoisotopic (exact) mass is 426 g/mol. The maximum Gasteiger partial charge on any atom is 0.252 e. The molecule has 1 unspecified atom stereocenters. The Morgan fingerprint density at radius 3 is 2.75 bits per heavy atom. The van der Waals surface area contributed by atoms with Gasteiger partial charge in [-0.25, -0.2) is 9.37 Å². The van der Waals surface area contributed by atoms with Crippen LogP contribution < -0.4 is 10.2 Å². The van der Waals surface area contributed by atoms with E-state index in [1.54, 1.807) is 24.5 Å². The van der Waals surface area contributed by atoms with Crippen LogP contribution in [-0.4, -0.2) is 35.5 Å². The molecule has 0 saturated carbocycles. The molecule has 1 N–H and O–H groups in total. The largest absolute Gasteiger partial charge is 0.371 e. The van der Waals surface area contributed by atoms with Gasteiger partial charge in [-0.2, -0.15) is 0 Å². The van der Waals surface area contributed by atoms with Crippen molar-refractivity contribution in [3.63, 3.8) is 0 Å². The van der Waals surface area contributed by atoms with Gasteiger partial charge in [0.05, 0.1) is 16.8 Å². The number of fused-ring (bicyclic) bond motifs is 1. The van der Waals surface area contributed by atoms with E-state index in [2.05, 4.69) is 15.2 Å². The van der Waals surface area contributed by atoms with Crippen LogP contribution >= 0.6 is 0 Å². The average molecular weight is 426 g/mol. The molecule has 160 valence electrons. The number of hydrogen-bond donors (Lipinski definition) is 1. The van der Waals surface area contributed by atoms with Gasteiger partial charge in [-0.15, -0.1) is 0 Å². The van der Waals surface area contributed by atoms with Crippen molar-refractivity contribution in [3.8, 4) is 11.3 Å². The van der Waals surface area contributed by atoms with Crippen molar-refractivity contribution in [3.05, 3.63) is 90.5 Å². The van der Waals surface area contributed by atoms with E-state index >= 15 is 0 Å². The number of benzene rings is 2. The van der Waals surface area contributed by atoms with Crippen molar-refractivity contribution in [2.45, 2.75) is 6.42 Å². The van der Waals surface area contributed by atoms with Gasteiger partial charge in [0, 0.05) is 48.7 Å². The molecule has 3 heterocycles. The van der Waals surface area contributed by atoms with Crippen LogP contribution in [0.4, 0.5) is 10.1 Å². The molecule has 5 nitrogen and oxygen atoms in total. The third-order valence-electron chi connectivity index (χ3n) is 5.95. The maximum absolute atomic E-state index is 13.2. The highest BCUT2D eigenvalue weighted by Crippen LogP contribution is 2.26. The fraction of sp³-hybridized carbons (Fsp3) is 0.192. The minimum absolute atomic E-state index is 0.103. The Balaban J connectivity index is 1.32. The van der Waals surface area contributed by atoms with E-state index in [-0.39, 0.29) is 11.7 Å². The minimum atomic E-state index is -0.230. The second-order valence-corrected chi connectivity index (χ2v) is 8.10. The first-order valence-corrected chi connectivity index (χ1v) is 10.8. The molecule has 0 aliphatic carbocycles. The highest BCUT2D eigenvalue weighted by Gasteiger charge is 2.24. The standard InChI is InChI=1S/C26H23FN4O/c27-20-7-9-21(10-8-20)31-13-11-18(17-31)15-29-26(32)23-14-25(19-4-3-12-28-16-19)30-24-6-2-1-5-22(23)24/h1-10,12,14,16,18H,11,13,15,17H2,(H,29,32). The SMILES string of the molecule is O=C(NCC1CCN(c2ccc(F)cc2)C1)c1cc(-c2cccnc2)nc2ccccc12. The third kappa shape index (κ3) is 4.17. The zero-order valence-corrected chi connectivity index (χ0v) is 17.5. The minimum Gasteiger partial charge on any atom is -0.371 e. The lowest BCUT2D eigenvalue weighted by Crippen LogP contribution is -2.31. The summed E-state index contributed by atoms with van der Waals surface area (Å²) in [7, 11) is 0. The van der Waals surface area contributed by atoms with Gasteiger partial charge in [-0.1, -0.05) is 18.2 Å². The topological polar surface area (TPSA) is 58.1 Å². The molecule has 1 aliphatic rings. The van der Waals surface area contributed by atoms with E-state index in [1.165, 1.54) is 12.1 Å². The van der Waals surface area contributed by atoms with Gasteiger partial charge in [0.2, 0.25) is 0 Å². The summed E-state index contributed by atoms with van der Waals surface area (Å²) >= 11 is 0. The van der Waals surface area contributed by atoms with Gasteiger partial charge < -0.3 is 10.2 Å². The number of carbonyl (C=O) groups is 1. The fourth-order valence-electron chi connectivity index (χ4n) is 4.24. The Bertz CT molecular complexity index is 1240. The number of nitrogens with zero attached hydrogens (tertiary/aromatic N) is 3. The third-order valence-corrected chi connectivity index (χ3v) is 5.95. The number of rotatable bonds is 5. The van der Waals surface area contributed by atoms with Crippen LogP contribution in [0.5, 0.6) is 0 Å². The summed E-state index contributed by atoms with van der Waals surface area (Å²) in [4.78, 5) is 24.3. The van der Waals surface area contributed by atoms with E-state index in [0.29, 0.717) is 18.0 Å². The molecule has 2 aromatic heterocycles. The van der Waals surface area contributed by atoms with Gasteiger partial charge in [-0.3, -0.25) is 9.78 Å². The summed E-state index contributed by atoms with van der Waals surface area (Å²) in [5.74, 6) is 0.0101. The molecule has 0 radical (unpaired) electrons. The molecule has 1 aliphatic heterocycles. The second kappa shape index (κ2) is 8.75. The molecule has 1 saturated heterocycles. The van der Waals surface area contributed by atoms with Crippen LogP contribution in [0.25, 0.3) is 22.2 Å². The number of aromatic nitrogens is 2. The molecule has 0 bridgehead atoms. The molecule has 32 heavy (non-hydrogen) atoms. The van der Waals surface area contributed by atoms with E-state index in [9.17, 15) is 9.18 Å². The first-order chi connectivity index (χ1) is 15.7. The molecule has 4 aromatic rings. The lowest BCUT2D eigenvalue weighted by molar-refractivity contribution is 0.0950. The Kier molecular flexibility index (Phi) is 5.50. The Morgan fingerprint density at radius 2 is 1.94 bits per heavy atom. The van der Waals surface area contributed by atoms with Crippen molar-refractivity contribution >= 4 is 22.5 Å². The van der Waals surface area contributed by atoms with E-state index in [4.69, 9.17) is 4.98 Å². The first kappa shape index (κ1) is 20.1. The molecule has 1 fully saturated rings. The predicted molar refractivity (Wildman–Crippen MR) is 124 cm³/mol. The Hall–Kier alpha value is -3.80. The Morgan fingerprint density at radius 1 is 1.09 bits per heavy atom. The molecule has 1 atom stereocenters. The number of pyridine rings is 2. The Labute approximate surface area is 185 Å². The molecule has 5 rings (SSSR count). The van der Waals surface area contributed by atoms with Crippen LogP contribution in [-0.2, 0) is 0 Å². The van der Waals surface area contributed by atoms with Gasteiger partial charge in [0.25, 0.3) is 5.91 Å². The van der Waals surface area contributed by atoms with E-state index in [0.717, 1.165) is 47.4 Å². The summed E-state index contributed by atoms with van der Waals surface area (Å²) in [5.41, 5.74) is 4.01. The maximum atomic E-state index is 13.2. The normalized spacial score (nSPS) is 15.8. The summed E-state index contributed by atoms with van der Waals surface area (Å²) in [6.07, 6.45) is 4.45. The number of halogens is 1. The predicted octanol–water partition coefficient (Wildman–Crippen LogP) is 4.69. The number of hydrogen-bond acceptors (Lipinski definition) is 4. The smallest absolute Gasteiger partial charge is 0.252 e. The molecule has 6 heteroatoms. The van der Waals surface area contributed by atoms with Gasteiger partial charge >= 0.3 is 0 Å². The van der Waals surface area contributed by atoms with Gasteiger partial charge in [-0.05, 0) is 60.9 Å². The lowest BCUT2D eigenvalue weighted by Gasteiger charge is -2.19. The highest BCUT2D eigenvalue weighted by molar-refractivity contribution is 6.07. The van der Waals surface area contributed by atoms with Gasteiger partial charge in [0.1, 0.15) is 5.82 Å². The van der Waals surface area contributed by atoms with Crippen molar-refractivity contribution in [2.75, 3.05) is 24.5 Å². The van der Waals surface area contributed by atoms with Crippen LogP contribution in [0.3, 0.4) is 0 Å². The molecule has 2 aromatic carbocycles. The molecular formula is C26H23FN4O. The number of nitrogens with one attached hydrogen (secondary N) is 1. The van der Waals surface area contributed by atoms with Crippen molar-refractivity contribution < 1.29 is 9.18 Å². The zero-order valence-electron chi connectivity index (χ0n) is 17.5. The highest BCUT2D eigenvalue weighted by atomic mass is 19.1.